The van der Waals surface area contributed by atoms with Crippen molar-refractivity contribution in [1.82, 2.24) is 5.16 Å². The summed E-state index contributed by atoms with van der Waals surface area (Å²) in [5, 5.41) is 13.0. The molecular formula is C13H15BrN2O2. The Morgan fingerprint density at radius 2 is 2.06 bits per heavy atom. The number of hydrogen-bond donors (Lipinski definition) is 1. The molecule has 0 fully saturated rings. The van der Waals surface area contributed by atoms with Crippen LogP contribution in [0.4, 0.5) is 5.69 Å². The zero-order chi connectivity index (χ0) is 13.0. The van der Waals surface area contributed by atoms with Crippen LogP contribution < -0.4 is 4.90 Å². The second-order valence-corrected chi connectivity index (χ2v) is 4.97. The molecule has 0 unspecified atom stereocenters. The van der Waals surface area contributed by atoms with Crippen molar-refractivity contribution in [2.75, 3.05) is 18.1 Å². The van der Waals surface area contributed by atoms with Gasteiger partial charge in [-0.05, 0) is 31.2 Å². The summed E-state index contributed by atoms with van der Waals surface area (Å²) in [6, 6.07) is 9.87. The van der Waals surface area contributed by atoms with Crippen LogP contribution in [0, 0.1) is 6.92 Å². The van der Waals surface area contributed by atoms with Gasteiger partial charge in [0, 0.05) is 22.8 Å². The van der Waals surface area contributed by atoms with Gasteiger partial charge in [0.05, 0.1) is 18.8 Å². The highest BCUT2D eigenvalue weighted by Crippen LogP contribution is 2.20. The molecular weight excluding hydrogens is 296 g/mol. The van der Waals surface area contributed by atoms with Gasteiger partial charge >= 0.3 is 0 Å². The first-order valence-corrected chi connectivity index (χ1v) is 6.52. The fourth-order valence-electron chi connectivity index (χ4n) is 1.75. The molecule has 2 aromatic rings. The molecule has 0 amide bonds. The van der Waals surface area contributed by atoms with Crippen LogP contribution in [0.1, 0.15) is 11.5 Å². The van der Waals surface area contributed by atoms with Gasteiger partial charge in [0.25, 0.3) is 0 Å². The quantitative estimate of drug-likeness (QED) is 0.922. The van der Waals surface area contributed by atoms with Crippen LogP contribution in [-0.4, -0.2) is 23.4 Å². The maximum Gasteiger partial charge on any atom is 0.156 e. The molecule has 18 heavy (non-hydrogen) atoms. The Labute approximate surface area is 114 Å². The average Bonchev–Trinajstić information content (AvgIpc) is 2.75. The summed E-state index contributed by atoms with van der Waals surface area (Å²) in [4.78, 5) is 2.05. The summed E-state index contributed by atoms with van der Waals surface area (Å²) < 4.78 is 6.24. The van der Waals surface area contributed by atoms with Crippen molar-refractivity contribution in [2.24, 2.45) is 0 Å². The minimum Gasteiger partial charge on any atom is -0.395 e. The fourth-order valence-corrected chi connectivity index (χ4v) is 2.02. The Bertz CT molecular complexity index is 496. The molecule has 0 saturated carbocycles. The number of aromatic nitrogens is 1. The number of aliphatic hydroxyl groups is 1. The standard InChI is InChI=1S/C13H15BrN2O2/c1-10-8-13(18-15-10)9-16(6-7-17)12-4-2-11(14)3-5-12/h2-5,8,17H,6-7,9H2,1H3. The number of hydrogen-bond acceptors (Lipinski definition) is 4. The molecule has 0 aliphatic rings. The van der Waals surface area contributed by atoms with Gasteiger partial charge in [-0.3, -0.25) is 0 Å². The summed E-state index contributed by atoms with van der Waals surface area (Å²) >= 11 is 3.41. The topological polar surface area (TPSA) is 49.5 Å². The average molecular weight is 311 g/mol. The van der Waals surface area contributed by atoms with E-state index in [-0.39, 0.29) is 6.61 Å². The van der Waals surface area contributed by atoms with Crippen LogP contribution in [0.5, 0.6) is 0 Å². The molecule has 4 nitrogen and oxygen atoms in total. The zero-order valence-electron chi connectivity index (χ0n) is 10.1. The van der Waals surface area contributed by atoms with Crippen molar-refractivity contribution in [3.63, 3.8) is 0 Å². The van der Waals surface area contributed by atoms with Crippen molar-refractivity contribution in [3.8, 4) is 0 Å². The van der Waals surface area contributed by atoms with Crippen molar-refractivity contribution in [3.05, 3.63) is 46.3 Å². The molecule has 0 spiro atoms. The number of rotatable bonds is 5. The third kappa shape index (κ3) is 3.34. The van der Waals surface area contributed by atoms with Gasteiger partial charge in [0.15, 0.2) is 5.76 Å². The van der Waals surface area contributed by atoms with E-state index in [4.69, 9.17) is 9.63 Å². The molecule has 0 aliphatic heterocycles. The molecule has 1 N–H and O–H groups in total. The third-order valence-electron chi connectivity index (χ3n) is 2.59. The molecule has 0 radical (unpaired) electrons. The zero-order valence-corrected chi connectivity index (χ0v) is 11.7. The number of nitrogens with zero attached hydrogens (tertiary/aromatic N) is 2. The number of halogens is 1. The monoisotopic (exact) mass is 310 g/mol. The largest absolute Gasteiger partial charge is 0.395 e. The third-order valence-corrected chi connectivity index (χ3v) is 3.11. The lowest BCUT2D eigenvalue weighted by atomic mass is 10.2. The molecule has 5 heteroatoms. The Morgan fingerprint density at radius 3 is 2.61 bits per heavy atom. The first kappa shape index (κ1) is 13.1. The molecule has 1 aromatic carbocycles. The van der Waals surface area contributed by atoms with Gasteiger partial charge in [0.1, 0.15) is 0 Å². The molecule has 0 bridgehead atoms. The number of aryl methyl sites for hydroxylation is 1. The lowest BCUT2D eigenvalue weighted by Gasteiger charge is -2.22. The first-order valence-electron chi connectivity index (χ1n) is 5.72. The molecule has 2 rings (SSSR count). The van der Waals surface area contributed by atoms with Gasteiger partial charge in [-0.25, -0.2) is 0 Å². The maximum atomic E-state index is 9.14. The van der Waals surface area contributed by atoms with Crippen molar-refractivity contribution < 1.29 is 9.63 Å². The van der Waals surface area contributed by atoms with E-state index < -0.39 is 0 Å². The van der Waals surface area contributed by atoms with E-state index in [1.807, 2.05) is 42.2 Å². The summed E-state index contributed by atoms with van der Waals surface area (Å²) in [5.74, 6) is 0.795. The lowest BCUT2D eigenvalue weighted by molar-refractivity contribution is 0.298. The fraction of sp³-hybridized carbons (Fsp3) is 0.308. The van der Waals surface area contributed by atoms with Crippen LogP contribution in [0.2, 0.25) is 0 Å². The Hall–Kier alpha value is -1.33. The van der Waals surface area contributed by atoms with Crippen molar-refractivity contribution in [1.29, 1.82) is 0 Å². The predicted molar refractivity (Wildman–Crippen MR) is 73.5 cm³/mol. The molecule has 1 aromatic heterocycles. The lowest BCUT2D eigenvalue weighted by Crippen LogP contribution is -2.25. The van der Waals surface area contributed by atoms with Gasteiger partial charge < -0.3 is 14.5 Å². The Balaban J connectivity index is 2.14. The van der Waals surface area contributed by atoms with Crippen molar-refractivity contribution in [2.45, 2.75) is 13.5 Å². The van der Waals surface area contributed by atoms with Gasteiger partial charge in [-0.1, -0.05) is 21.1 Å². The summed E-state index contributed by atoms with van der Waals surface area (Å²) in [6.07, 6.45) is 0. The van der Waals surface area contributed by atoms with Crippen LogP contribution in [0.25, 0.3) is 0 Å². The van der Waals surface area contributed by atoms with E-state index in [1.165, 1.54) is 0 Å². The van der Waals surface area contributed by atoms with E-state index >= 15 is 0 Å². The summed E-state index contributed by atoms with van der Waals surface area (Å²) in [7, 11) is 0. The maximum absolute atomic E-state index is 9.14. The van der Waals surface area contributed by atoms with E-state index in [2.05, 4.69) is 21.1 Å². The molecule has 1 heterocycles. The molecule has 0 aliphatic carbocycles. The van der Waals surface area contributed by atoms with E-state index in [1.54, 1.807) is 0 Å². The number of benzene rings is 1. The summed E-state index contributed by atoms with van der Waals surface area (Å²) in [5.41, 5.74) is 1.91. The second kappa shape index (κ2) is 6.02. The Morgan fingerprint density at radius 1 is 1.33 bits per heavy atom. The minimum absolute atomic E-state index is 0.100. The van der Waals surface area contributed by atoms with Crippen molar-refractivity contribution >= 4 is 21.6 Å². The minimum atomic E-state index is 0.100. The van der Waals surface area contributed by atoms with Gasteiger partial charge in [-0.15, -0.1) is 0 Å². The predicted octanol–water partition coefficient (Wildman–Crippen LogP) is 2.74. The molecule has 0 atom stereocenters. The van der Waals surface area contributed by atoms with E-state index in [0.717, 1.165) is 21.6 Å². The summed E-state index contributed by atoms with van der Waals surface area (Å²) in [6.45, 7) is 3.15. The highest BCUT2D eigenvalue weighted by Gasteiger charge is 2.10. The van der Waals surface area contributed by atoms with Gasteiger partial charge in [-0.2, -0.15) is 0 Å². The van der Waals surface area contributed by atoms with Crippen LogP contribution in [0.3, 0.4) is 0 Å². The van der Waals surface area contributed by atoms with Crippen LogP contribution in [-0.2, 0) is 6.54 Å². The second-order valence-electron chi connectivity index (χ2n) is 4.06. The Kier molecular flexibility index (Phi) is 4.38. The normalized spacial score (nSPS) is 10.6. The highest BCUT2D eigenvalue weighted by molar-refractivity contribution is 9.10. The smallest absolute Gasteiger partial charge is 0.156 e. The number of anilines is 1. The van der Waals surface area contributed by atoms with E-state index in [9.17, 15) is 0 Å². The van der Waals surface area contributed by atoms with Crippen LogP contribution >= 0.6 is 15.9 Å². The number of aliphatic hydroxyl groups excluding tert-OH is 1. The van der Waals surface area contributed by atoms with Gasteiger partial charge in [0.2, 0.25) is 0 Å². The first-order chi connectivity index (χ1) is 8.69. The highest BCUT2D eigenvalue weighted by atomic mass is 79.9. The van der Waals surface area contributed by atoms with Crippen LogP contribution in [0.15, 0.2) is 39.3 Å². The SMILES string of the molecule is Cc1cc(CN(CCO)c2ccc(Br)cc2)on1. The molecule has 96 valence electrons. The molecule has 0 saturated heterocycles. The van der Waals surface area contributed by atoms with E-state index in [0.29, 0.717) is 13.1 Å².